The lowest BCUT2D eigenvalue weighted by Gasteiger charge is -2.33. The van der Waals surface area contributed by atoms with Gasteiger partial charge in [0.1, 0.15) is 0 Å². The Morgan fingerprint density at radius 2 is 1.88 bits per heavy atom. The zero-order chi connectivity index (χ0) is 16.9. The number of benzene rings is 1. The van der Waals surface area contributed by atoms with Gasteiger partial charge in [0.2, 0.25) is 5.91 Å². The lowest BCUT2D eigenvalue weighted by Crippen LogP contribution is -2.41. The van der Waals surface area contributed by atoms with Crippen LogP contribution in [-0.2, 0) is 11.3 Å². The summed E-state index contributed by atoms with van der Waals surface area (Å²) < 4.78 is 0. The summed E-state index contributed by atoms with van der Waals surface area (Å²) in [5.41, 5.74) is 7.59. The Balaban J connectivity index is 1.47. The summed E-state index contributed by atoms with van der Waals surface area (Å²) in [6, 6.07) is 8.02. The molecule has 0 aromatic heterocycles. The van der Waals surface area contributed by atoms with Crippen LogP contribution in [0.2, 0.25) is 0 Å². The van der Waals surface area contributed by atoms with Crippen LogP contribution in [-0.4, -0.2) is 31.6 Å². The first-order valence-corrected chi connectivity index (χ1v) is 8.76. The minimum absolute atomic E-state index is 0.0599. The summed E-state index contributed by atoms with van der Waals surface area (Å²) in [6.07, 6.45) is 4.32. The fraction of sp³-hybridized carbons (Fsp3) is 0.556. The van der Waals surface area contributed by atoms with Gasteiger partial charge in [-0.15, -0.1) is 0 Å². The number of nitrogens with two attached hydrogens (primary N) is 1. The number of amides is 3. The second kappa shape index (κ2) is 7.55. The molecule has 1 heterocycles. The first kappa shape index (κ1) is 16.6. The van der Waals surface area contributed by atoms with Gasteiger partial charge in [-0.1, -0.05) is 12.1 Å². The summed E-state index contributed by atoms with van der Waals surface area (Å²) in [5, 5.41) is 5.77. The van der Waals surface area contributed by atoms with Gasteiger partial charge < -0.3 is 21.3 Å². The minimum Gasteiger partial charge on any atom is -0.371 e. The summed E-state index contributed by atoms with van der Waals surface area (Å²) in [6.45, 7) is 2.93. The first-order chi connectivity index (χ1) is 11.6. The number of anilines is 1. The van der Waals surface area contributed by atoms with Gasteiger partial charge in [0.25, 0.3) is 0 Å². The predicted molar refractivity (Wildman–Crippen MR) is 93.5 cm³/mol. The molecular weight excluding hydrogens is 304 g/mol. The molecular formula is C18H26N4O2. The van der Waals surface area contributed by atoms with Crippen molar-refractivity contribution in [1.82, 2.24) is 10.6 Å². The lowest BCUT2D eigenvalue weighted by molar-refractivity contribution is -0.122. The van der Waals surface area contributed by atoms with Gasteiger partial charge in [-0.25, -0.2) is 4.79 Å². The van der Waals surface area contributed by atoms with E-state index in [9.17, 15) is 9.59 Å². The number of carbonyl (C=O) groups is 2. The van der Waals surface area contributed by atoms with Crippen molar-refractivity contribution in [3.05, 3.63) is 29.8 Å². The average Bonchev–Trinajstić information content (AvgIpc) is 3.43. The molecule has 1 saturated heterocycles. The third kappa shape index (κ3) is 4.63. The zero-order valence-electron chi connectivity index (χ0n) is 14.0. The van der Waals surface area contributed by atoms with Gasteiger partial charge >= 0.3 is 6.03 Å². The van der Waals surface area contributed by atoms with Crippen molar-refractivity contribution in [3.63, 3.8) is 0 Å². The fourth-order valence-electron chi connectivity index (χ4n) is 3.07. The van der Waals surface area contributed by atoms with E-state index in [0.29, 0.717) is 19.0 Å². The highest BCUT2D eigenvalue weighted by Gasteiger charge is 2.24. The van der Waals surface area contributed by atoms with Gasteiger partial charge in [-0.05, 0) is 49.3 Å². The predicted octanol–water partition coefficient (Wildman–Crippen LogP) is 1.60. The highest BCUT2D eigenvalue weighted by molar-refractivity contribution is 5.77. The number of nitrogens with zero attached hydrogens (tertiary/aromatic N) is 1. The van der Waals surface area contributed by atoms with E-state index in [2.05, 4.69) is 15.5 Å². The fourth-order valence-corrected chi connectivity index (χ4v) is 3.07. The number of primary amides is 1. The van der Waals surface area contributed by atoms with Crippen LogP contribution in [0.3, 0.4) is 0 Å². The number of hydrogen-bond acceptors (Lipinski definition) is 3. The maximum absolute atomic E-state index is 11.7. The summed E-state index contributed by atoms with van der Waals surface area (Å²) in [5.74, 6) is 0.414. The Morgan fingerprint density at radius 3 is 2.54 bits per heavy atom. The van der Waals surface area contributed by atoms with Crippen molar-refractivity contribution < 1.29 is 9.59 Å². The third-order valence-corrected chi connectivity index (χ3v) is 4.83. The Kier molecular flexibility index (Phi) is 5.23. The molecule has 1 aromatic carbocycles. The number of piperidine rings is 1. The van der Waals surface area contributed by atoms with Crippen molar-refractivity contribution in [3.8, 4) is 0 Å². The standard InChI is InChI=1S/C18H26N4O2/c19-17(23)15-2-1-9-22(12-15)16-7-5-14(6-8-16)11-21-18(24)20-10-13-3-4-13/h5-8,13,15H,1-4,9-12H2,(H2,19,23)(H2,20,21,24)/t15-/m1/s1. The molecule has 1 aromatic rings. The molecule has 3 rings (SSSR count). The summed E-state index contributed by atoms with van der Waals surface area (Å²) >= 11 is 0. The molecule has 3 amide bonds. The van der Waals surface area contributed by atoms with E-state index in [0.717, 1.165) is 37.2 Å². The topological polar surface area (TPSA) is 87.5 Å². The highest BCUT2D eigenvalue weighted by Crippen LogP contribution is 2.27. The summed E-state index contributed by atoms with van der Waals surface area (Å²) in [7, 11) is 0. The number of carbonyl (C=O) groups excluding carboxylic acids is 2. The van der Waals surface area contributed by atoms with Crippen molar-refractivity contribution >= 4 is 17.6 Å². The van der Waals surface area contributed by atoms with Crippen LogP contribution >= 0.6 is 0 Å². The van der Waals surface area contributed by atoms with Crippen LogP contribution in [0.25, 0.3) is 0 Å². The van der Waals surface area contributed by atoms with E-state index < -0.39 is 0 Å². The molecule has 24 heavy (non-hydrogen) atoms. The molecule has 0 unspecified atom stereocenters. The van der Waals surface area contributed by atoms with Gasteiger partial charge in [-0.3, -0.25) is 4.79 Å². The molecule has 4 N–H and O–H groups in total. The van der Waals surface area contributed by atoms with Gasteiger partial charge in [0, 0.05) is 31.9 Å². The molecule has 2 fully saturated rings. The van der Waals surface area contributed by atoms with E-state index >= 15 is 0 Å². The number of hydrogen-bond donors (Lipinski definition) is 3. The van der Waals surface area contributed by atoms with Crippen molar-refractivity contribution in [2.45, 2.75) is 32.2 Å². The van der Waals surface area contributed by atoms with Gasteiger partial charge in [0.05, 0.1) is 5.92 Å². The van der Waals surface area contributed by atoms with E-state index in [4.69, 9.17) is 5.73 Å². The van der Waals surface area contributed by atoms with Crippen LogP contribution in [0.4, 0.5) is 10.5 Å². The molecule has 2 aliphatic rings. The number of nitrogens with one attached hydrogen (secondary N) is 2. The quantitative estimate of drug-likeness (QED) is 0.740. The van der Waals surface area contributed by atoms with Crippen molar-refractivity contribution in [1.29, 1.82) is 0 Å². The van der Waals surface area contributed by atoms with E-state index in [1.54, 1.807) is 0 Å². The Morgan fingerprint density at radius 1 is 1.12 bits per heavy atom. The Labute approximate surface area is 142 Å². The minimum atomic E-state index is -0.210. The average molecular weight is 330 g/mol. The van der Waals surface area contributed by atoms with E-state index in [1.165, 1.54) is 12.8 Å². The molecule has 1 saturated carbocycles. The molecule has 6 nitrogen and oxygen atoms in total. The SMILES string of the molecule is NC(=O)[C@@H]1CCCN(c2ccc(CNC(=O)NCC3CC3)cc2)C1. The smallest absolute Gasteiger partial charge is 0.315 e. The zero-order valence-corrected chi connectivity index (χ0v) is 14.0. The molecule has 6 heteroatoms. The molecule has 1 atom stereocenters. The Hall–Kier alpha value is -2.24. The normalized spacial score (nSPS) is 20.5. The maximum atomic E-state index is 11.7. The third-order valence-electron chi connectivity index (χ3n) is 4.83. The van der Waals surface area contributed by atoms with Crippen molar-refractivity contribution in [2.75, 3.05) is 24.5 Å². The molecule has 130 valence electrons. The van der Waals surface area contributed by atoms with Crippen LogP contribution in [0.5, 0.6) is 0 Å². The monoisotopic (exact) mass is 330 g/mol. The van der Waals surface area contributed by atoms with E-state index in [-0.39, 0.29) is 17.9 Å². The number of urea groups is 1. The van der Waals surface area contributed by atoms with Crippen molar-refractivity contribution in [2.24, 2.45) is 17.6 Å². The summed E-state index contributed by atoms with van der Waals surface area (Å²) in [4.78, 5) is 25.3. The second-order valence-corrected chi connectivity index (χ2v) is 6.86. The Bertz CT molecular complexity index is 583. The second-order valence-electron chi connectivity index (χ2n) is 6.86. The molecule has 0 spiro atoms. The highest BCUT2D eigenvalue weighted by atomic mass is 16.2. The van der Waals surface area contributed by atoms with E-state index in [1.807, 2.05) is 24.3 Å². The molecule has 1 aliphatic heterocycles. The largest absolute Gasteiger partial charge is 0.371 e. The molecule has 1 aliphatic carbocycles. The van der Waals surface area contributed by atoms with Crippen LogP contribution in [0.1, 0.15) is 31.2 Å². The van der Waals surface area contributed by atoms with Gasteiger partial charge in [0.15, 0.2) is 0 Å². The first-order valence-electron chi connectivity index (χ1n) is 8.76. The number of rotatable bonds is 6. The van der Waals surface area contributed by atoms with Crippen LogP contribution in [0, 0.1) is 11.8 Å². The maximum Gasteiger partial charge on any atom is 0.315 e. The van der Waals surface area contributed by atoms with Crippen LogP contribution < -0.4 is 21.3 Å². The van der Waals surface area contributed by atoms with Gasteiger partial charge in [-0.2, -0.15) is 0 Å². The van der Waals surface area contributed by atoms with Crippen LogP contribution in [0.15, 0.2) is 24.3 Å². The lowest BCUT2D eigenvalue weighted by atomic mass is 9.97. The molecule has 0 bridgehead atoms. The molecule has 0 radical (unpaired) electrons.